The second-order valence-electron chi connectivity index (χ2n) is 13.4. The molecule has 1 N–H and O–H groups in total. The maximum absolute atomic E-state index is 15.8. The van der Waals surface area contributed by atoms with Gasteiger partial charge in [-0.3, -0.25) is 24.2 Å². The molecule has 0 spiro atoms. The number of carbonyl (C=O) groups is 3. The molecular weight excluding hydrogens is 641 g/mol. The summed E-state index contributed by atoms with van der Waals surface area (Å²) in [6, 6.07) is 10.3. The lowest BCUT2D eigenvalue weighted by molar-refractivity contribution is -0.254. The predicted molar refractivity (Wildman–Crippen MR) is 180 cm³/mol. The lowest BCUT2D eigenvalue weighted by Gasteiger charge is -2.49. The summed E-state index contributed by atoms with van der Waals surface area (Å²) in [5.41, 5.74) is 0.816. The number of anilines is 1. The van der Waals surface area contributed by atoms with Gasteiger partial charge in [-0.05, 0) is 87.5 Å². The van der Waals surface area contributed by atoms with Crippen LogP contribution >= 0.6 is 22.9 Å². The van der Waals surface area contributed by atoms with E-state index in [0.717, 1.165) is 49.1 Å². The molecule has 11 heteroatoms. The quantitative estimate of drug-likeness (QED) is 0.220. The number of likely N-dealkylation sites (tertiary alicyclic amines) is 2. The normalized spacial score (nSPS) is 25.8. The highest BCUT2D eigenvalue weighted by Gasteiger charge is 2.59. The number of benzene rings is 2. The summed E-state index contributed by atoms with van der Waals surface area (Å²) in [6.07, 6.45) is 5.30. The smallest absolute Gasteiger partial charge is 0.308 e. The van der Waals surface area contributed by atoms with E-state index in [0.29, 0.717) is 49.7 Å². The van der Waals surface area contributed by atoms with Crippen LogP contribution in [0.3, 0.4) is 0 Å². The first-order valence-corrected chi connectivity index (χ1v) is 18.2. The molecule has 47 heavy (non-hydrogen) atoms. The van der Waals surface area contributed by atoms with Gasteiger partial charge in [0, 0.05) is 48.1 Å². The number of halogens is 2. The molecule has 4 fully saturated rings. The summed E-state index contributed by atoms with van der Waals surface area (Å²) in [7, 11) is 0. The van der Waals surface area contributed by atoms with Crippen LogP contribution in [0.1, 0.15) is 67.8 Å². The lowest BCUT2D eigenvalue weighted by Crippen LogP contribution is -2.67. The number of nitrogens with zero attached hydrogens (tertiary/aromatic N) is 2. The number of nitrogens with one attached hydrogen (secondary N) is 1. The molecule has 2 saturated heterocycles. The van der Waals surface area contributed by atoms with Crippen LogP contribution in [0.5, 0.6) is 0 Å². The monoisotopic (exact) mass is 681 g/mol. The van der Waals surface area contributed by atoms with Crippen LogP contribution in [0.2, 0.25) is 5.02 Å². The SMILES string of the molecule is CCOC(=O)C1CCC(OC(C(=O)Cc2cc(Cl)c(NC(=O)c3csc4ccccc34)cc2F)(N2CCCC2)N2C[C@@H]3C[C@H]3C2)CC1. The number of ketones is 1. The van der Waals surface area contributed by atoms with Crippen molar-refractivity contribution in [2.45, 2.75) is 70.2 Å². The lowest BCUT2D eigenvalue weighted by atomic mass is 9.87. The number of carbonyl (C=O) groups excluding carboxylic acids is 3. The molecule has 4 aliphatic rings. The molecule has 0 radical (unpaired) electrons. The molecule has 250 valence electrons. The molecule has 8 nitrogen and oxygen atoms in total. The Hall–Kier alpha value is -2.89. The molecule has 2 saturated carbocycles. The van der Waals surface area contributed by atoms with Crippen molar-refractivity contribution in [3.05, 3.63) is 63.7 Å². The average molecular weight is 682 g/mol. The van der Waals surface area contributed by atoms with Crippen LogP contribution in [0.4, 0.5) is 10.1 Å². The Kier molecular flexibility index (Phi) is 9.41. The molecule has 3 aromatic rings. The second kappa shape index (κ2) is 13.6. The van der Waals surface area contributed by atoms with E-state index < -0.39 is 11.7 Å². The number of hydrogen-bond donors (Lipinski definition) is 1. The van der Waals surface area contributed by atoms with Gasteiger partial charge >= 0.3 is 5.97 Å². The summed E-state index contributed by atoms with van der Waals surface area (Å²) < 4.78 is 29.1. The number of esters is 1. The van der Waals surface area contributed by atoms with Crippen LogP contribution in [0.25, 0.3) is 10.1 Å². The van der Waals surface area contributed by atoms with E-state index in [1.807, 2.05) is 31.2 Å². The molecule has 2 aliphatic carbocycles. The van der Waals surface area contributed by atoms with Gasteiger partial charge in [-0.15, -0.1) is 11.3 Å². The largest absolute Gasteiger partial charge is 0.466 e. The Labute approximate surface area is 283 Å². The molecular formula is C36H41ClFN3O5S. The third-order valence-electron chi connectivity index (χ3n) is 10.4. The highest BCUT2D eigenvalue weighted by molar-refractivity contribution is 7.17. The van der Waals surface area contributed by atoms with E-state index in [4.69, 9.17) is 21.1 Å². The number of hydrogen-bond acceptors (Lipinski definition) is 8. The standard InChI is InChI=1S/C36H41ClFN3O5S/c1-2-45-35(44)22-9-11-26(12-10-22)46-36(40-13-5-6-14-40,41-19-24-15-25(24)20-41)33(42)17-23-16-29(37)31(18-30(23)38)39-34(43)28-21-47-32-8-4-3-7-27(28)32/h3-4,7-8,16,18,21-22,24-26H,2,5-6,9-15,17,19-20H2,1H3,(H,39,43)/t22?,24-,25-,26?,36?/m0/s1. The van der Waals surface area contributed by atoms with Crippen molar-refractivity contribution in [1.29, 1.82) is 0 Å². The predicted octanol–water partition coefficient (Wildman–Crippen LogP) is 6.90. The zero-order valence-corrected chi connectivity index (χ0v) is 28.2. The van der Waals surface area contributed by atoms with Crippen LogP contribution in [-0.2, 0) is 25.5 Å². The number of Topliss-reactive ketones (excluding diaryl/α,β-unsaturated/α-hetero) is 1. The average Bonchev–Trinajstić information content (AvgIpc) is 3.48. The number of ether oxygens (including phenoxy) is 2. The van der Waals surface area contributed by atoms with E-state index in [-0.39, 0.29) is 52.4 Å². The number of thiophene rings is 1. The van der Waals surface area contributed by atoms with Gasteiger partial charge in [-0.2, -0.15) is 0 Å². The topological polar surface area (TPSA) is 88.2 Å². The third kappa shape index (κ3) is 6.47. The van der Waals surface area contributed by atoms with Gasteiger partial charge in [0.15, 0.2) is 5.78 Å². The van der Waals surface area contributed by atoms with E-state index in [1.54, 1.807) is 5.38 Å². The molecule has 1 aromatic heterocycles. The first kappa shape index (κ1) is 32.6. The number of fused-ring (bicyclic) bond motifs is 2. The Morgan fingerprint density at radius 1 is 1.04 bits per heavy atom. The first-order chi connectivity index (χ1) is 22.8. The van der Waals surface area contributed by atoms with Gasteiger partial charge < -0.3 is 14.8 Å². The molecule has 2 aromatic carbocycles. The summed E-state index contributed by atoms with van der Waals surface area (Å²) >= 11 is 8.10. The van der Waals surface area contributed by atoms with Crippen molar-refractivity contribution in [2.24, 2.45) is 17.8 Å². The Morgan fingerprint density at radius 3 is 2.49 bits per heavy atom. The fraction of sp³-hybridized carbons (Fsp3) is 0.528. The van der Waals surface area contributed by atoms with Gasteiger partial charge in [0.2, 0.25) is 5.85 Å². The number of piperidine rings is 1. The minimum absolute atomic E-state index is 0.153. The second-order valence-corrected chi connectivity index (χ2v) is 14.7. The van der Waals surface area contributed by atoms with Crippen molar-refractivity contribution in [3.63, 3.8) is 0 Å². The first-order valence-electron chi connectivity index (χ1n) is 16.9. The minimum Gasteiger partial charge on any atom is -0.466 e. The fourth-order valence-electron chi connectivity index (χ4n) is 7.79. The summed E-state index contributed by atoms with van der Waals surface area (Å²) in [4.78, 5) is 44.6. The molecule has 1 unspecified atom stereocenters. The fourth-order valence-corrected chi connectivity index (χ4v) is 8.97. The van der Waals surface area contributed by atoms with Crippen molar-refractivity contribution in [2.75, 3.05) is 38.1 Å². The maximum Gasteiger partial charge on any atom is 0.308 e. The van der Waals surface area contributed by atoms with Crippen LogP contribution in [-0.4, -0.2) is 72.2 Å². The van der Waals surface area contributed by atoms with Crippen molar-refractivity contribution in [3.8, 4) is 0 Å². The van der Waals surface area contributed by atoms with E-state index in [2.05, 4.69) is 15.1 Å². The highest BCUT2D eigenvalue weighted by atomic mass is 35.5. The highest BCUT2D eigenvalue weighted by Crippen LogP contribution is 2.49. The molecule has 7 rings (SSSR count). The van der Waals surface area contributed by atoms with Crippen LogP contribution in [0, 0.1) is 23.6 Å². The Morgan fingerprint density at radius 2 is 1.77 bits per heavy atom. The molecule has 3 atom stereocenters. The van der Waals surface area contributed by atoms with E-state index in [1.165, 1.54) is 29.9 Å². The van der Waals surface area contributed by atoms with E-state index >= 15 is 4.39 Å². The van der Waals surface area contributed by atoms with Gasteiger partial charge in [0.1, 0.15) is 5.82 Å². The summed E-state index contributed by atoms with van der Waals surface area (Å²) in [5, 5.41) is 5.53. The van der Waals surface area contributed by atoms with Crippen molar-refractivity contribution in [1.82, 2.24) is 9.80 Å². The van der Waals surface area contributed by atoms with Gasteiger partial charge in [-0.1, -0.05) is 29.8 Å². The minimum atomic E-state index is -1.31. The molecule has 3 heterocycles. The maximum atomic E-state index is 15.8. The van der Waals surface area contributed by atoms with Gasteiger partial charge in [-0.25, -0.2) is 4.39 Å². The molecule has 2 aliphatic heterocycles. The van der Waals surface area contributed by atoms with Crippen LogP contribution in [0.15, 0.2) is 41.8 Å². The van der Waals surface area contributed by atoms with E-state index in [9.17, 15) is 14.4 Å². The third-order valence-corrected chi connectivity index (χ3v) is 11.7. The van der Waals surface area contributed by atoms with Gasteiger partial charge in [0.05, 0.1) is 34.9 Å². The summed E-state index contributed by atoms with van der Waals surface area (Å²) in [6.45, 7) is 5.17. The molecule has 1 amide bonds. The van der Waals surface area contributed by atoms with Crippen molar-refractivity contribution >= 4 is 56.4 Å². The number of amides is 1. The van der Waals surface area contributed by atoms with Gasteiger partial charge in [0.25, 0.3) is 5.91 Å². The Balaban J connectivity index is 1.13. The van der Waals surface area contributed by atoms with Crippen molar-refractivity contribution < 1.29 is 28.2 Å². The zero-order chi connectivity index (χ0) is 32.7. The molecule has 0 bridgehead atoms. The zero-order valence-electron chi connectivity index (χ0n) is 26.6. The Bertz CT molecular complexity index is 1660. The van der Waals surface area contributed by atoms with Crippen LogP contribution < -0.4 is 5.32 Å². The number of rotatable bonds is 11. The summed E-state index contributed by atoms with van der Waals surface area (Å²) in [5.74, 6) is -1.70.